The van der Waals surface area contributed by atoms with E-state index in [1.807, 2.05) is 7.05 Å². The molecule has 1 saturated heterocycles. The van der Waals surface area contributed by atoms with E-state index in [1.165, 1.54) is 5.56 Å². The lowest BCUT2D eigenvalue weighted by Gasteiger charge is -2.31. The molecule has 0 aromatic carbocycles. The zero-order valence-electron chi connectivity index (χ0n) is 13.1. The van der Waals surface area contributed by atoms with Crippen LogP contribution >= 0.6 is 0 Å². The fourth-order valence-corrected chi connectivity index (χ4v) is 2.67. The van der Waals surface area contributed by atoms with E-state index in [9.17, 15) is 0 Å². The van der Waals surface area contributed by atoms with Gasteiger partial charge < -0.3 is 10.1 Å². The lowest BCUT2D eigenvalue weighted by atomic mass is 10.1. The first kappa shape index (κ1) is 15.4. The van der Waals surface area contributed by atoms with Gasteiger partial charge in [-0.25, -0.2) is 9.97 Å². The van der Waals surface area contributed by atoms with E-state index in [2.05, 4.69) is 41.0 Å². The standard InChI is InChI=1S/C15H26N4O/c1-5-19-8-9-20-14(10-19)15-17-11(2)13(6-7-16-4)12(3)18-15/h14,16H,5-10H2,1-4H3. The summed E-state index contributed by atoms with van der Waals surface area (Å²) < 4.78 is 5.85. The summed E-state index contributed by atoms with van der Waals surface area (Å²) in [5, 5.41) is 3.18. The first-order valence-electron chi connectivity index (χ1n) is 7.48. The van der Waals surface area contributed by atoms with Crippen molar-refractivity contribution in [1.82, 2.24) is 20.2 Å². The molecule has 0 bridgehead atoms. The van der Waals surface area contributed by atoms with Gasteiger partial charge in [-0.15, -0.1) is 0 Å². The molecular weight excluding hydrogens is 252 g/mol. The Morgan fingerprint density at radius 2 is 2.00 bits per heavy atom. The van der Waals surface area contributed by atoms with Gasteiger partial charge in [-0.2, -0.15) is 0 Å². The zero-order valence-corrected chi connectivity index (χ0v) is 13.1. The van der Waals surface area contributed by atoms with Gasteiger partial charge in [0.05, 0.1) is 6.61 Å². The van der Waals surface area contributed by atoms with E-state index >= 15 is 0 Å². The average molecular weight is 278 g/mol. The number of morpholine rings is 1. The largest absolute Gasteiger partial charge is 0.368 e. The van der Waals surface area contributed by atoms with Crippen LogP contribution in [0.4, 0.5) is 0 Å². The Labute approximate surface area is 121 Å². The molecule has 1 aliphatic rings. The molecule has 1 unspecified atom stereocenters. The molecule has 1 atom stereocenters. The molecule has 0 saturated carbocycles. The second kappa shape index (κ2) is 7.11. The van der Waals surface area contributed by atoms with Crippen LogP contribution in [0.15, 0.2) is 0 Å². The highest BCUT2D eigenvalue weighted by Crippen LogP contribution is 2.21. The normalized spacial score (nSPS) is 20.3. The minimum absolute atomic E-state index is 0.0134. The zero-order chi connectivity index (χ0) is 14.5. The first-order chi connectivity index (χ1) is 9.65. The summed E-state index contributed by atoms with van der Waals surface area (Å²) in [4.78, 5) is 11.8. The number of ether oxygens (including phenoxy) is 1. The number of aromatic nitrogens is 2. The number of hydrogen-bond acceptors (Lipinski definition) is 5. The van der Waals surface area contributed by atoms with Gasteiger partial charge in [0, 0.05) is 24.5 Å². The van der Waals surface area contributed by atoms with Crippen LogP contribution in [0.1, 0.15) is 35.8 Å². The average Bonchev–Trinajstić information content (AvgIpc) is 2.46. The second-order valence-corrected chi connectivity index (χ2v) is 5.34. The Kier molecular flexibility index (Phi) is 5.46. The van der Waals surface area contributed by atoms with Gasteiger partial charge in [0.25, 0.3) is 0 Å². The van der Waals surface area contributed by atoms with Gasteiger partial charge in [-0.1, -0.05) is 6.92 Å². The van der Waals surface area contributed by atoms with Crippen LogP contribution in [-0.4, -0.2) is 54.7 Å². The smallest absolute Gasteiger partial charge is 0.158 e. The Morgan fingerprint density at radius 3 is 2.60 bits per heavy atom. The van der Waals surface area contributed by atoms with Crippen LogP contribution < -0.4 is 5.32 Å². The van der Waals surface area contributed by atoms with Crippen molar-refractivity contribution in [3.63, 3.8) is 0 Å². The Hall–Kier alpha value is -1.04. The van der Waals surface area contributed by atoms with Crippen LogP contribution in [0.5, 0.6) is 0 Å². The predicted octanol–water partition coefficient (Wildman–Crippen LogP) is 1.25. The summed E-state index contributed by atoms with van der Waals surface area (Å²) in [6.45, 7) is 11.0. The fraction of sp³-hybridized carbons (Fsp3) is 0.733. The van der Waals surface area contributed by atoms with Gasteiger partial charge in [0.2, 0.25) is 0 Å². The van der Waals surface area contributed by atoms with Crippen molar-refractivity contribution >= 4 is 0 Å². The summed E-state index contributed by atoms with van der Waals surface area (Å²) >= 11 is 0. The van der Waals surface area contributed by atoms with Crippen molar-refractivity contribution in [2.24, 2.45) is 0 Å². The molecule has 5 heteroatoms. The quantitative estimate of drug-likeness (QED) is 0.878. The van der Waals surface area contributed by atoms with E-state index in [-0.39, 0.29) is 6.10 Å². The van der Waals surface area contributed by atoms with Crippen molar-refractivity contribution in [1.29, 1.82) is 0 Å². The summed E-state index contributed by atoms with van der Waals surface area (Å²) in [7, 11) is 1.97. The topological polar surface area (TPSA) is 50.3 Å². The summed E-state index contributed by atoms with van der Waals surface area (Å²) in [6.07, 6.45) is 0.987. The molecule has 1 fully saturated rings. The van der Waals surface area contributed by atoms with Gasteiger partial charge in [0.1, 0.15) is 6.10 Å². The number of rotatable bonds is 5. The van der Waals surface area contributed by atoms with E-state index in [4.69, 9.17) is 4.74 Å². The van der Waals surface area contributed by atoms with Crippen LogP contribution in [0.3, 0.4) is 0 Å². The maximum Gasteiger partial charge on any atom is 0.158 e. The molecule has 0 spiro atoms. The van der Waals surface area contributed by atoms with Crippen molar-refractivity contribution in [2.45, 2.75) is 33.3 Å². The van der Waals surface area contributed by atoms with Crippen LogP contribution in [0.2, 0.25) is 0 Å². The van der Waals surface area contributed by atoms with E-state index in [0.29, 0.717) is 0 Å². The Bertz CT molecular complexity index is 426. The molecule has 5 nitrogen and oxygen atoms in total. The molecule has 0 aliphatic carbocycles. The summed E-state index contributed by atoms with van der Waals surface area (Å²) in [5.74, 6) is 0.839. The third kappa shape index (κ3) is 3.53. The fourth-order valence-electron chi connectivity index (χ4n) is 2.67. The first-order valence-corrected chi connectivity index (χ1v) is 7.48. The maximum absolute atomic E-state index is 5.85. The summed E-state index contributed by atoms with van der Waals surface area (Å²) in [5.41, 5.74) is 3.42. The lowest BCUT2D eigenvalue weighted by molar-refractivity contribution is -0.0327. The highest BCUT2D eigenvalue weighted by Gasteiger charge is 2.24. The van der Waals surface area contributed by atoms with Crippen molar-refractivity contribution in [2.75, 3.05) is 39.8 Å². The molecule has 0 amide bonds. The van der Waals surface area contributed by atoms with Crippen LogP contribution in [0.25, 0.3) is 0 Å². The van der Waals surface area contributed by atoms with Crippen molar-refractivity contribution in [3.8, 4) is 0 Å². The number of likely N-dealkylation sites (N-methyl/N-ethyl adjacent to an activating group) is 2. The molecule has 1 N–H and O–H groups in total. The lowest BCUT2D eigenvalue weighted by Crippen LogP contribution is -2.38. The molecule has 112 valence electrons. The van der Waals surface area contributed by atoms with Gasteiger partial charge in [-0.05, 0) is 46.0 Å². The molecule has 2 heterocycles. The molecule has 1 aliphatic heterocycles. The number of nitrogens with one attached hydrogen (secondary N) is 1. The van der Waals surface area contributed by atoms with Gasteiger partial charge in [-0.3, -0.25) is 4.90 Å². The van der Waals surface area contributed by atoms with Gasteiger partial charge in [0.15, 0.2) is 5.82 Å². The minimum atomic E-state index is 0.0134. The predicted molar refractivity (Wildman–Crippen MR) is 79.9 cm³/mol. The Morgan fingerprint density at radius 1 is 1.30 bits per heavy atom. The van der Waals surface area contributed by atoms with E-state index in [1.54, 1.807) is 0 Å². The van der Waals surface area contributed by atoms with E-state index < -0.39 is 0 Å². The highest BCUT2D eigenvalue weighted by atomic mass is 16.5. The molecule has 1 aromatic rings. The monoisotopic (exact) mass is 278 g/mol. The molecule has 2 rings (SSSR count). The van der Waals surface area contributed by atoms with Crippen LogP contribution in [-0.2, 0) is 11.2 Å². The number of hydrogen-bond donors (Lipinski definition) is 1. The third-order valence-corrected chi connectivity index (χ3v) is 3.95. The Balaban J connectivity index is 2.16. The number of nitrogens with zero attached hydrogens (tertiary/aromatic N) is 3. The maximum atomic E-state index is 5.85. The minimum Gasteiger partial charge on any atom is -0.368 e. The number of aryl methyl sites for hydroxylation is 2. The van der Waals surface area contributed by atoms with E-state index in [0.717, 1.165) is 56.4 Å². The van der Waals surface area contributed by atoms with Gasteiger partial charge >= 0.3 is 0 Å². The van der Waals surface area contributed by atoms with Crippen molar-refractivity contribution in [3.05, 3.63) is 22.8 Å². The summed E-state index contributed by atoms with van der Waals surface area (Å²) in [6, 6.07) is 0. The molecule has 0 radical (unpaired) electrons. The third-order valence-electron chi connectivity index (χ3n) is 3.95. The van der Waals surface area contributed by atoms with Crippen LogP contribution in [0, 0.1) is 13.8 Å². The highest BCUT2D eigenvalue weighted by molar-refractivity contribution is 5.25. The molecule has 1 aromatic heterocycles. The molecular formula is C15H26N4O. The molecule has 20 heavy (non-hydrogen) atoms. The van der Waals surface area contributed by atoms with Crippen molar-refractivity contribution < 1.29 is 4.74 Å². The second-order valence-electron chi connectivity index (χ2n) is 5.34. The SMILES string of the molecule is CCN1CCOC(c2nc(C)c(CCNC)c(C)n2)C1.